The van der Waals surface area contributed by atoms with Crippen molar-refractivity contribution in [2.24, 2.45) is 5.73 Å². The van der Waals surface area contributed by atoms with Gasteiger partial charge in [-0.1, -0.05) is 54.6 Å². The van der Waals surface area contributed by atoms with E-state index in [2.05, 4.69) is 17.2 Å². The maximum absolute atomic E-state index is 14.5. The van der Waals surface area contributed by atoms with Crippen LogP contribution in [0.15, 0.2) is 66.7 Å². The highest BCUT2D eigenvalue weighted by atomic mass is 16.2. The van der Waals surface area contributed by atoms with E-state index in [0.717, 1.165) is 11.3 Å². The zero-order valence-corrected chi connectivity index (χ0v) is 23.1. The van der Waals surface area contributed by atoms with Crippen LogP contribution in [0.3, 0.4) is 0 Å². The van der Waals surface area contributed by atoms with Crippen LogP contribution < -0.4 is 22.1 Å². The molecule has 3 rings (SSSR count). The van der Waals surface area contributed by atoms with E-state index in [-0.39, 0.29) is 16.8 Å². The Balaban J connectivity index is 2.33. The van der Waals surface area contributed by atoms with Crippen molar-refractivity contribution in [3.8, 4) is 0 Å². The number of carbonyl (C=O) groups is 5. The minimum Gasteiger partial charge on any atom is -0.398 e. The number of nitrogens with two attached hydrogens (primary N) is 2. The molecule has 5 atom stereocenters. The number of anilines is 1. The molecule has 40 heavy (non-hydrogen) atoms. The zero-order valence-electron chi connectivity index (χ0n) is 23.1. The molecule has 10 nitrogen and oxygen atoms in total. The summed E-state index contributed by atoms with van der Waals surface area (Å²) >= 11 is 0. The van der Waals surface area contributed by atoms with Gasteiger partial charge in [-0.15, -0.1) is 0 Å². The number of rotatable bonds is 12. The molecule has 212 valence electrons. The fraction of sp³-hybridized carbons (Fsp3) is 0.367. The molecule has 2 amide bonds. The number of Topliss-reactive ketones (excluding diaryl/α,β-unsaturated/α-hetero) is 2. The lowest BCUT2D eigenvalue weighted by Gasteiger charge is -2.43. The van der Waals surface area contributed by atoms with Crippen LogP contribution >= 0.6 is 0 Å². The normalized spacial score (nSPS) is 18.4. The molecule has 1 aliphatic rings. The van der Waals surface area contributed by atoms with E-state index in [4.69, 9.17) is 11.5 Å². The van der Waals surface area contributed by atoms with Crippen molar-refractivity contribution in [3.63, 3.8) is 0 Å². The van der Waals surface area contributed by atoms with E-state index in [9.17, 15) is 24.0 Å². The number of hydrogen-bond acceptors (Lipinski definition) is 8. The highest BCUT2D eigenvalue weighted by molar-refractivity contribution is 6.21. The van der Waals surface area contributed by atoms with Gasteiger partial charge in [-0.3, -0.25) is 19.2 Å². The molecule has 0 saturated carbocycles. The van der Waals surface area contributed by atoms with Gasteiger partial charge < -0.3 is 31.8 Å². The number of nitrogen functional groups attached to an aromatic ring is 1. The van der Waals surface area contributed by atoms with Gasteiger partial charge in [-0.2, -0.15) is 0 Å². The van der Waals surface area contributed by atoms with E-state index in [1.54, 1.807) is 49.4 Å². The summed E-state index contributed by atoms with van der Waals surface area (Å²) in [5.41, 5.74) is 10.2. The number of benzene rings is 2. The second-order valence-electron chi connectivity index (χ2n) is 10.2. The Labute approximate surface area is 234 Å². The lowest BCUT2D eigenvalue weighted by molar-refractivity contribution is -0.143. The Morgan fingerprint density at radius 1 is 1.12 bits per heavy atom. The lowest BCUT2D eigenvalue weighted by atomic mass is 9.69. The number of likely N-dealkylation sites (N-methyl/N-ethyl adjacent to an activating group) is 1. The molecular weight excluding hydrogens is 510 g/mol. The quantitative estimate of drug-likeness (QED) is 0.102. The molecule has 1 saturated heterocycles. The largest absolute Gasteiger partial charge is 0.398 e. The van der Waals surface area contributed by atoms with Gasteiger partial charge >= 0.3 is 0 Å². The predicted octanol–water partition coefficient (Wildman–Crippen LogP) is 1.36. The third kappa shape index (κ3) is 5.88. The summed E-state index contributed by atoms with van der Waals surface area (Å²) in [6.45, 7) is 7.48. The van der Waals surface area contributed by atoms with Crippen LogP contribution in [0.2, 0.25) is 0 Å². The number of ketones is 2. The first-order valence-electron chi connectivity index (χ1n) is 13.1. The number of hydrogen-bond donors (Lipinski definition) is 4. The molecule has 1 fully saturated rings. The molecule has 1 aliphatic heterocycles. The number of carbonyl (C=O) groups excluding carboxylic acids is 5. The van der Waals surface area contributed by atoms with Gasteiger partial charge in [0.25, 0.3) is 0 Å². The Kier molecular flexibility index (Phi) is 9.73. The average molecular weight is 548 g/mol. The summed E-state index contributed by atoms with van der Waals surface area (Å²) in [5, 5.41) is 5.69. The van der Waals surface area contributed by atoms with E-state index in [1.807, 2.05) is 0 Å². The zero-order chi connectivity index (χ0) is 29.6. The SMILES string of the molecule is C=C(C)[C@H](NC(=O)[C@@H](C)N)C(=O)C(c1ccccc1)[C@@](C=O)(C(=O)c1ccccc1N)N(C)C(=O)[C@@H]1CCCN1. The van der Waals surface area contributed by atoms with E-state index in [0.29, 0.717) is 24.8 Å². The Morgan fingerprint density at radius 2 is 1.75 bits per heavy atom. The van der Waals surface area contributed by atoms with Crippen molar-refractivity contribution < 1.29 is 24.0 Å². The number of amides is 2. The van der Waals surface area contributed by atoms with Crippen molar-refractivity contribution in [1.82, 2.24) is 15.5 Å². The molecule has 2 aromatic carbocycles. The molecule has 6 N–H and O–H groups in total. The summed E-state index contributed by atoms with van der Waals surface area (Å²) < 4.78 is 0. The topological polar surface area (TPSA) is 165 Å². The van der Waals surface area contributed by atoms with Gasteiger partial charge in [0, 0.05) is 18.3 Å². The van der Waals surface area contributed by atoms with Crippen molar-refractivity contribution in [3.05, 3.63) is 77.9 Å². The summed E-state index contributed by atoms with van der Waals surface area (Å²) in [6, 6.07) is 11.5. The minimum absolute atomic E-state index is 0.0196. The molecule has 10 heteroatoms. The molecule has 0 aromatic heterocycles. The molecule has 0 radical (unpaired) electrons. The molecule has 1 unspecified atom stereocenters. The molecule has 0 aliphatic carbocycles. The maximum Gasteiger partial charge on any atom is 0.240 e. The highest BCUT2D eigenvalue weighted by Crippen LogP contribution is 2.39. The molecule has 2 aromatic rings. The molecule has 0 spiro atoms. The molecule has 0 bridgehead atoms. The predicted molar refractivity (Wildman–Crippen MR) is 152 cm³/mol. The van der Waals surface area contributed by atoms with Crippen LogP contribution in [0.5, 0.6) is 0 Å². The van der Waals surface area contributed by atoms with E-state index >= 15 is 0 Å². The number of aldehydes is 1. The molecular formula is C30H37N5O5. The number of nitrogens with zero attached hydrogens (tertiary/aromatic N) is 1. The van der Waals surface area contributed by atoms with Gasteiger partial charge in [0.1, 0.15) is 6.04 Å². The van der Waals surface area contributed by atoms with Crippen molar-refractivity contribution in [2.45, 2.75) is 56.3 Å². The van der Waals surface area contributed by atoms with Gasteiger partial charge in [-0.05, 0) is 50.9 Å². The van der Waals surface area contributed by atoms with Crippen molar-refractivity contribution >= 4 is 35.4 Å². The van der Waals surface area contributed by atoms with Crippen LogP contribution in [0.4, 0.5) is 5.69 Å². The van der Waals surface area contributed by atoms with Gasteiger partial charge in [-0.25, -0.2) is 0 Å². The first-order valence-corrected chi connectivity index (χ1v) is 13.1. The fourth-order valence-electron chi connectivity index (χ4n) is 5.07. The third-order valence-electron chi connectivity index (χ3n) is 7.33. The Hall–Kier alpha value is -4.15. The van der Waals surface area contributed by atoms with E-state index in [1.165, 1.54) is 26.1 Å². The van der Waals surface area contributed by atoms with Crippen LogP contribution in [0.1, 0.15) is 48.5 Å². The van der Waals surface area contributed by atoms with Gasteiger partial charge in [0.05, 0.1) is 18.0 Å². The Morgan fingerprint density at radius 3 is 2.27 bits per heavy atom. The number of para-hydroxylation sites is 1. The summed E-state index contributed by atoms with van der Waals surface area (Å²) in [7, 11) is 1.34. The minimum atomic E-state index is -2.36. The summed E-state index contributed by atoms with van der Waals surface area (Å²) in [6.07, 6.45) is 1.58. The van der Waals surface area contributed by atoms with Gasteiger partial charge in [0.2, 0.25) is 11.8 Å². The Bertz CT molecular complexity index is 1290. The molecule has 1 heterocycles. The first-order chi connectivity index (χ1) is 19.0. The second kappa shape index (κ2) is 12.8. The maximum atomic E-state index is 14.5. The van der Waals surface area contributed by atoms with Crippen LogP contribution in [0, 0.1) is 0 Å². The van der Waals surface area contributed by atoms with E-state index < -0.39 is 53.0 Å². The third-order valence-corrected chi connectivity index (χ3v) is 7.33. The van der Waals surface area contributed by atoms with Crippen LogP contribution in [-0.4, -0.2) is 71.8 Å². The van der Waals surface area contributed by atoms with Crippen LogP contribution in [0.25, 0.3) is 0 Å². The van der Waals surface area contributed by atoms with Crippen LogP contribution in [-0.2, 0) is 19.2 Å². The van der Waals surface area contributed by atoms with Gasteiger partial charge in [0.15, 0.2) is 23.4 Å². The number of nitrogens with one attached hydrogen (secondary N) is 2. The monoisotopic (exact) mass is 547 g/mol. The fourth-order valence-corrected chi connectivity index (χ4v) is 5.07. The second-order valence-corrected chi connectivity index (χ2v) is 10.2. The highest BCUT2D eigenvalue weighted by Gasteiger charge is 2.57. The lowest BCUT2D eigenvalue weighted by Crippen LogP contribution is -2.65. The first kappa shape index (κ1) is 30.4. The van der Waals surface area contributed by atoms with Crippen molar-refractivity contribution in [1.29, 1.82) is 0 Å². The summed E-state index contributed by atoms with van der Waals surface area (Å²) in [5.74, 6) is -4.21. The standard InChI is InChI=1S/C30H37N5O5/c1-18(2)25(34-28(39)19(3)31)26(37)24(20-11-6-5-7-12-20)30(17-36,27(38)21-13-8-9-14-22(21)32)35(4)29(40)23-15-10-16-33-23/h5-9,11-14,17,19,23-25,33H,1,10,15-16,31-32H2,2-4H3,(H,34,39)/t19-,23+,24?,25+,30+/m1/s1. The van der Waals surface area contributed by atoms with Crippen molar-refractivity contribution in [2.75, 3.05) is 19.3 Å². The average Bonchev–Trinajstić information content (AvgIpc) is 3.48. The summed E-state index contributed by atoms with van der Waals surface area (Å²) in [4.78, 5) is 69.9. The smallest absolute Gasteiger partial charge is 0.240 e.